The van der Waals surface area contributed by atoms with Crippen molar-refractivity contribution in [2.45, 2.75) is 0 Å². The van der Waals surface area contributed by atoms with E-state index in [1.165, 1.54) is 12.1 Å². The Kier molecular flexibility index (Phi) is 2.44. The first-order valence-electron chi connectivity index (χ1n) is 5.05. The highest BCUT2D eigenvalue weighted by molar-refractivity contribution is 9.10. The Morgan fingerprint density at radius 2 is 1.82 bits per heavy atom. The molecule has 84 valence electrons. The van der Waals surface area contributed by atoms with Crippen LogP contribution in [-0.4, -0.2) is 5.16 Å². The van der Waals surface area contributed by atoms with E-state index in [1.54, 1.807) is 12.1 Å². The Morgan fingerprint density at radius 1 is 1.06 bits per heavy atom. The second kappa shape index (κ2) is 3.96. The zero-order chi connectivity index (χ0) is 11.8. The average molecular weight is 292 g/mol. The first kappa shape index (κ1) is 10.5. The number of benzene rings is 2. The molecule has 17 heavy (non-hydrogen) atoms. The maximum atomic E-state index is 12.8. The minimum absolute atomic E-state index is 0.260. The minimum Gasteiger partial charge on any atom is -0.356 e. The predicted octanol–water partition coefficient (Wildman–Crippen LogP) is 4.40. The van der Waals surface area contributed by atoms with Crippen LogP contribution >= 0.6 is 15.9 Å². The van der Waals surface area contributed by atoms with Gasteiger partial charge in [0.15, 0.2) is 5.58 Å². The molecule has 0 unspecified atom stereocenters. The van der Waals surface area contributed by atoms with E-state index in [1.807, 2.05) is 18.2 Å². The normalized spacial score (nSPS) is 10.9. The van der Waals surface area contributed by atoms with Gasteiger partial charge in [-0.1, -0.05) is 21.1 Å². The number of fused-ring (bicyclic) bond motifs is 1. The van der Waals surface area contributed by atoms with Gasteiger partial charge >= 0.3 is 0 Å². The van der Waals surface area contributed by atoms with E-state index >= 15 is 0 Å². The van der Waals surface area contributed by atoms with Crippen LogP contribution in [0.2, 0.25) is 0 Å². The first-order valence-corrected chi connectivity index (χ1v) is 5.84. The molecule has 0 radical (unpaired) electrons. The Labute approximate surface area is 105 Å². The molecule has 0 saturated heterocycles. The van der Waals surface area contributed by atoms with Crippen molar-refractivity contribution in [1.82, 2.24) is 5.16 Å². The summed E-state index contributed by atoms with van der Waals surface area (Å²) in [7, 11) is 0. The second-order valence-electron chi connectivity index (χ2n) is 3.68. The summed E-state index contributed by atoms with van der Waals surface area (Å²) in [6.07, 6.45) is 0. The zero-order valence-corrected chi connectivity index (χ0v) is 10.2. The van der Waals surface area contributed by atoms with Gasteiger partial charge in [-0.25, -0.2) is 4.39 Å². The van der Waals surface area contributed by atoms with E-state index in [2.05, 4.69) is 21.1 Å². The molecule has 1 aromatic heterocycles. The molecule has 0 fully saturated rings. The van der Waals surface area contributed by atoms with E-state index < -0.39 is 0 Å². The summed E-state index contributed by atoms with van der Waals surface area (Å²) < 4.78 is 19.0. The third kappa shape index (κ3) is 1.85. The molecule has 3 aromatic rings. The minimum atomic E-state index is -0.260. The second-order valence-corrected chi connectivity index (χ2v) is 4.59. The van der Waals surface area contributed by atoms with Gasteiger partial charge in [0.25, 0.3) is 0 Å². The zero-order valence-electron chi connectivity index (χ0n) is 8.65. The number of aromatic nitrogens is 1. The van der Waals surface area contributed by atoms with Gasteiger partial charge in [0.05, 0.1) is 0 Å². The van der Waals surface area contributed by atoms with Crippen molar-refractivity contribution in [3.63, 3.8) is 0 Å². The molecule has 0 aliphatic heterocycles. The van der Waals surface area contributed by atoms with Gasteiger partial charge in [-0.2, -0.15) is 0 Å². The molecule has 0 aliphatic carbocycles. The molecule has 0 aliphatic rings. The summed E-state index contributed by atoms with van der Waals surface area (Å²) in [6.45, 7) is 0. The standard InChI is InChI=1S/C13H7BrFNO/c14-9-3-6-11-12(7-9)17-16-13(11)8-1-4-10(15)5-2-8/h1-7H. The third-order valence-corrected chi connectivity index (χ3v) is 3.04. The summed E-state index contributed by atoms with van der Waals surface area (Å²) in [6, 6.07) is 11.9. The number of rotatable bonds is 1. The van der Waals surface area contributed by atoms with Gasteiger partial charge in [-0.15, -0.1) is 0 Å². The maximum absolute atomic E-state index is 12.8. The summed E-state index contributed by atoms with van der Waals surface area (Å²) >= 11 is 3.37. The highest BCUT2D eigenvalue weighted by Gasteiger charge is 2.10. The number of nitrogens with zero attached hydrogens (tertiary/aromatic N) is 1. The highest BCUT2D eigenvalue weighted by Crippen LogP contribution is 2.29. The number of hydrogen-bond donors (Lipinski definition) is 0. The van der Waals surface area contributed by atoms with E-state index in [4.69, 9.17) is 4.52 Å². The Morgan fingerprint density at radius 3 is 2.59 bits per heavy atom. The van der Waals surface area contributed by atoms with Crippen LogP contribution in [0.3, 0.4) is 0 Å². The van der Waals surface area contributed by atoms with Crippen LogP contribution in [-0.2, 0) is 0 Å². The van der Waals surface area contributed by atoms with Crippen molar-refractivity contribution in [1.29, 1.82) is 0 Å². The van der Waals surface area contributed by atoms with Gasteiger partial charge in [0, 0.05) is 15.4 Å². The molecule has 0 saturated carbocycles. The van der Waals surface area contributed by atoms with Crippen molar-refractivity contribution in [3.8, 4) is 11.3 Å². The molecule has 2 aromatic carbocycles. The summed E-state index contributed by atoms with van der Waals surface area (Å²) in [5.74, 6) is -0.260. The van der Waals surface area contributed by atoms with E-state index in [-0.39, 0.29) is 5.82 Å². The van der Waals surface area contributed by atoms with Gasteiger partial charge in [-0.05, 0) is 42.5 Å². The van der Waals surface area contributed by atoms with Crippen molar-refractivity contribution < 1.29 is 8.91 Å². The topological polar surface area (TPSA) is 26.0 Å². The van der Waals surface area contributed by atoms with Crippen LogP contribution in [0.15, 0.2) is 51.5 Å². The van der Waals surface area contributed by atoms with Gasteiger partial charge in [0.1, 0.15) is 11.5 Å². The summed E-state index contributed by atoms with van der Waals surface area (Å²) in [5.41, 5.74) is 2.28. The SMILES string of the molecule is Fc1ccc(-c2noc3cc(Br)ccc23)cc1. The monoisotopic (exact) mass is 291 g/mol. The molecule has 1 heterocycles. The van der Waals surface area contributed by atoms with Crippen LogP contribution < -0.4 is 0 Å². The predicted molar refractivity (Wildman–Crippen MR) is 67.1 cm³/mol. The Bertz CT molecular complexity index is 675. The van der Waals surface area contributed by atoms with E-state index in [9.17, 15) is 4.39 Å². The van der Waals surface area contributed by atoms with Crippen molar-refractivity contribution in [2.75, 3.05) is 0 Å². The average Bonchev–Trinajstić information content (AvgIpc) is 2.73. The van der Waals surface area contributed by atoms with E-state index in [0.717, 1.165) is 21.1 Å². The molecular weight excluding hydrogens is 285 g/mol. The lowest BCUT2D eigenvalue weighted by Gasteiger charge is -1.96. The molecule has 2 nitrogen and oxygen atoms in total. The summed E-state index contributed by atoms with van der Waals surface area (Å²) in [5, 5.41) is 4.93. The van der Waals surface area contributed by atoms with Crippen molar-refractivity contribution in [3.05, 3.63) is 52.8 Å². The van der Waals surface area contributed by atoms with Crippen LogP contribution in [0.5, 0.6) is 0 Å². The quantitative estimate of drug-likeness (QED) is 0.664. The molecule has 0 atom stereocenters. The highest BCUT2D eigenvalue weighted by atomic mass is 79.9. The van der Waals surface area contributed by atoms with Gasteiger partial charge in [0.2, 0.25) is 0 Å². The van der Waals surface area contributed by atoms with Crippen LogP contribution in [0.1, 0.15) is 0 Å². The third-order valence-electron chi connectivity index (χ3n) is 2.55. The van der Waals surface area contributed by atoms with E-state index in [0.29, 0.717) is 5.58 Å². The molecule has 0 bridgehead atoms. The fourth-order valence-electron chi connectivity index (χ4n) is 1.73. The number of halogens is 2. The van der Waals surface area contributed by atoms with Gasteiger partial charge < -0.3 is 4.52 Å². The fraction of sp³-hybridized carbons (Fsp3) is 0. The fourth-order valence-corrected chi connectivity index (χ4v) is 2.07. The molecule has 4 heteroatoms. The van der Waals surface area contributed by atoms with Crippen LogP contribution in [0.4, 0.5) is 4.39 Å². The van der Waals surface area contributed by atoms with Crippen molar-refractivity contribution in [2.24, 2.45) is 0 Å². The smallest absolute Gasteiger partial charge is 0.168 e. The lowest BCUT2D eigenvalue weighted by molar-refractivity contribution is 0.459. The van der Waals surface area contributed by atoms with Crippen molar-refractivity contribution >= 4 is 26.9 Å². The lowest BCUT2D eigenvalue weighted by atomic mass is 10.1. The molecule has 0 amide bonds. The Balaban J connectivity index is 2.21. The maximum Gasteiger partial charge on any atom is 0.168 e. The van der Waals surface area contributed by atoms with Gasteiger partial charge in [-0.3, -0.25) is 0 Å². The summed E-state index contributed by atoms with van der Waals surface area (Å²) in [4.78, 5) is 0. The lowest BCUT2D eigenvalue weighted by Crippen LogP contribution is -1.79. The van der Waals surface area contributed by atoms with Crippen LogP contribution in [0, 0.1) is 5.82 Å². The Hall–Kier alpha value is -1.68. The first-order chi connectivity index (χ1) is 8.24. The molecule has 0 spiro atoms. The van der Waals surface area contributed by atoms with Crippen LogP contribution in [0.25, 0.3) is 22.2 Å². The molecule has 3 rings (SSSR count). The number of hydrogen-bond acceptors (Lipinski definition) is 2. The molecule has 0 N–H and O–H groups in total. The largest absolute Gasteiger partial charge is 0.356 e. The molecular formula is C13H7BrFNO.